The molecule has 0 bridgehead atoms. The van der Waals surface area contributed by atoms with Crippen LogP contribution in [0.2, 0.25) is 0 Å². The molecule has 1 heterocycles. The number of carbonyl (C=O) groups excluding carboxylic acids is 3. The summed E-state index contributed by atoms with van der Waals surface area (Å²) in [7, 11) is 0. The van der Waals surface area contributed by atoms with Crippen LogP contribution in [-0.2, 0) is 53.0 Å². The highest BCUT2D eigenvalue weighted by atomic mass is 16.7. The highest BCUT2D eigenvalue weighted by molar-refractivity contribution is 5.90. The Morgan fingerprint density at radius 3 is 1.63 bits per heavy atom. The summed E-state index contributed by atoms with van der Waals surface area (Å²) >= 11 is 0. The summed E-state index contributed by atoms with van der Waals surface area (Å²) in [4.78, 5) is 40.5. The number of nitrogens with one attached hydrogen (secondary N) is 1. The molecule has 0 aromatic heterocycles. The molecule has 0 radical (unpaired) electrons. The van der Waals surface area contributed by atoms with E-state index in [0.29, 0.717) is 36.9 Å². The predicted octanol–water partition coefficient (Wildman–Crippen LogP) is 7.86. The van der Waals surface area contributed by atoms with Crippen molar-refractivity contribution in [1.82, 2.24) is 5.32 Å². The molecule has 6 atom stereocenters. The Kier molecular flexibility index (Phi) is 15.5. The lowest BCUT2D eigenvalue weighted by Gasteiger charge is -2.44. The van der Waals surface area contributed by atoms with Crippen LogP contribution in [0.1, 0.15) is 63.6 Å². The highest BCUT2D eigenvalue weighted by Gasteiger charge is 2.50. The number of carbonyl (C=O) groups is 3. The monoisotopic (exact) mass is 771 g/mol. The van der Waals surface area contributed by atoms with Gasteiger partial charge in [-0.1, -0.05) is 127 Å². The Labute approximate surface area is 334 Å². The summed E-state index contributed by atoms with van der Waals surface area (Å²) in [5.74, 6) is -1.57. The second kappa shape index (κ2) is 21.6. The number of ether oxygens (including phenoxy) is 6. The molecule has 1 aliphatic rings. The lowest BCUT2D eigenvalue weighted by Crippen LogP contribution is -2.61. The van der Waals surface area contributed by atoms with Gasteiger partial charge in [0.15, 0.2) is 18.5 Å². The van der Waals surface area contributed by atoms with Gasteiger partial charge in [0.25, 0.3) is 0 Å². The quantitative estimate of drug-likeness (QED) is 0.0505. The van der Waals surface area contributed by atoms with Crippen molar-refractivity contribution in [2.45, 2.75) is 82.7 Å². The van der Waals surface area contributed by atoms with Crippen LogP contribution in [-0.4, -0.2) is 61.3 Å². The summed E-state index contributed by atoms with van der Waals surface area (Å²) in [5, 5.41) is 3.37. The molecule has 0 amide bonds. The zero-order valence-electron chi connectivity index (χ0n) is 32.0. The third-order valence-corrected chi connectivity index (χ3v) is 9.59. The van der Waals surface area contributed by atoms with Crippen molar-refractivity contribution in [2.75, 3.05) is 6.61 Å². The Hall–Kier alpha value is -5.65. The lowest BCUT2D eigenvalue weighted by atomic mass is 9.98. The third-order valence-electron chi connectivity index (χ3n) is 9.59. The SMILES string of the molecule is C[C@@H]1O[C@@H](OCCCCC(NCc2ccccc2)C(=O)OCc2ccccc2)[C@H](OC(=O)c2ccccc2)[C@H](OC(=O)c2ccccc2)[C@H]1OCc1ccccc1. The van der Waals surface area contributed by atoms with Crippen molar-refractivity contribution < 1.29 is 42.8 Å². The average molecular weight is 772 g/mol. The van der Waals surface area contributed by atoms with Crippen LogP contribution in [0.25, 0.3) is 0 Å². The maximum Gasteiger partial charge on any atom is 0.338 e. The number of rotatable bonds is 19. The number of hydrogen-bond donors (Lipinski definition) is 1. The number of esters is 3. The Bertz CT molecular complexity index is 1950. The van der Waals surface area contributed by atoms with Crippen LogP contribution >= 0.6 is 0 Å². The van der Waals surface area contributed by atoms with Gasteiger partial charge in [-0.3, -0.25) is 4.79 Å². The van der Waals surface area contributed by atoms with Crippen LogP contribution in [0.3, 0.4) is 0 Å². The van der Waals surface area contributed by atoms with Gasteiger partial charge in [-0.2, -0.15) is 0 Å². The van der Waals surface area contributed by atoms with Gasteiger partial charge in [0.2, 0.25) is 0 Å². The molecule has 1 aliphatic heterocycles. The summed E-state index contributed by atoms with van der Waals surface area (Å²) in [5.41, 5.74) is 3.52. The van der Waals surface area contributed by atoms with E-state index in [1.165, 1.54) is 0 Å². The van der Waals surface area contributed by atoms with Gasteiger partial charge in [-0.05, 0) is 67.1 Å². The molecule has 0 aliphatic carbocycles. The van der Waals surface area contributed by atoms with Crippen molar-refractivity contribution in [3.8, 4) is 0 Å². The standard InChI is InChI=1S/C47H49NO9/c1-34-41(53-32-36-21-9-3-10-22-36)42(56-44(49)38-25-13-5-14-26-38)43(57-45(50)39-27-15-6-16-28-39)47(55-34)52-30-18-17-29-40(48-31-35-19-7-2-8-20-35)46(51)54-33-37-23-11-4-12-24-37/h2-16,19-28,34,40-43,47-48H,17-18,29-33H2,1H3/t34-,40?,41-,42+,43+,47+/m0/s1. The van der Waals surface area contributed by atoms with E-state index in [9.17, 15) is 14.4 Å². The van der Waals surface area contributed by atoms with Crippen molar-refractivity contribution in [3.63, 3.8) is 0 Å². The minimum atomic E-state index is -1.18. The molecule has 1 unspecified atom stereocenters. The molecule has 57 heavy (non-hydrogen) atoms. The first-order valence-corrected chi connectivity index (χ1v) is 19.4. The zero-order chi connectivity index (χ0) is 39.7. The molecule has 1 N–H and O–H groups in total. The van der Waals surface area contributed by atoms with Gasteiger partial charge in [0.1, 0.15) is 18.8 Å². The van der Waals surface area contributed by atoms with Crippen LogP contribution in [0.5, 0.6) is 0 Å². The Morgan fingerprint density at radius 1 is 0.579 bits per heavy atom. The van der Waals surface area contributed by atoms with Gasteiger partial charge in [-0.15, -0.1) is 0 Å². The van der Waals surface area contributed by atoms with Crippen LogP contribution in [0.15, 0.2) is 152 Å². The van der Waals surface area contributed by atoms with E-state index in [1.807, 2.05) is 104 Å². The Balaban J connectivity index is 1.15. The Morgan fingerprint density at radius 2 is 1.07 bits per heavy atom. The third kappa shape index (κ3) is 12.4. The fourth-order valence-electron chi connectivity index (χ4n) is 6.51. The predicted molar refractivity (Wildman–Crippen MR) is 214 cm³/mol. The lowest BCUT2D eigenvalue weighted by molar-refractivity contribution is -0.299. The fraction of sp³-hybridized carbons (Fsp3) is 0.298. The molecule has 10 nitrogen and oxygen atoms in total. The van der Waals surface area contributed by atoms with Gasteiger partial charge >= 0.3 is 17.9 Å². The molecule has 0 saturated carbocycles. The average Bonchev–Trinajstić information content (AvgIpc) is 3.26. The van der Waals surface area contributed by atoms with Gasteiger partial charge in [0.05, 0.1) is 23.8 Å². The second-order valence-electron chi connectivity index (χ2n) is 13.8. The van der Waals surface area contributed by atoms with Gasteiger partial charge < -0.3 is 33.7 Å². The summed E-state index contributed by atoms with van der Waals surface area (Å²) in [6, 6.07) is 45.7. The van der Waals surface area contributed by atoms with Crippen LogP contribution < -0.4 is 5.32 Å². The fourth-order valence-corrected chi connectivity index (χ4v) is 6.51. The summed E-state index contributed by atoms with van der Waals surface area (Å²) in [6.07, 6.45) is -3.16. The molecule has 1 saturated heterocycles. The van der Waals surface area contributed by atoms with E-state index < -0.39 is 48.7 Å². The highest BCUT2D eigenvalue weighted by Crippen LogP contribution is 2.31. The first-order valence-electron chi connectivity index (χ1n) is 19.4. The molecule has 10 heteroatoms. The second-order valence-corrected chi connectivity index (χ2v) is 13.8. The molecule has 296 valence electrons. The molecule has 5 aromatic carbocycles. The molecule has 5 aromatic rings. The van der Waals surface area contributed by atoms with E-state index in [1.54, 1.807) is 54.6 Å². The molecule has 6 rings (SSSR count). The number of benzene rings is 5. The van der Waals surface area contributed by atoms with E-state index in [0.717, 1.165) is 16.7 Å². The van der Waals surface area contributed by atoms with E-state index >= 15 is 0 Å². The van der Waals surface area contributed by atoms with Crippen molar-refractivity contribution in [1.29, 1.82) is 0 Å². The summed E-state index contributed by atoms with van der Waals surface area (Å²) < 4.78 is 37.1. The minimum Gasteiger partial charge on any atom is -0.460 e. The number of hydrogen-bond acceptors (Lipinski definition) is 10. The number of unbranched alkanes of at least 4 members (excludes halogenated alkanes) is 1. The smallest absolute Gasteiger partial charge is 0.338 e. The maximum atomic E-state index is 13.6. The van der Waals surface area contributed by atoms with E-state index in [-0.39, 0.29) is 25.8 Å². The normalized spacial score (nSPS) is 19.6. The largest absolute Gasteiger partial charge is 0.460 e. The van der Waals surface area contributed by atoms with Gasteiger partial charge in [-0.25, -0.2) is 9.59 Å². The molecule has 0 spiro atoms. The van der Waals surface area contributed by atoms with E-state index in [2.05, 4.69) is 5.32 Å². The summed E-state index contributed by atoms with van der Waals surface area (Å²) in [6.45, 7) is 2.90. The van der Waals surface area contributed by atoms with Crippen LogP contribution in [0.4, 0.5) is 0 Å². The van der Waals surface area contributed by atoms with E-state index in [4.69, 9.17) is 28.4 Å². The zero-order valence-corrected chi connectivity index (χ0v) is 32.0. The molecular weight excluding hydrogens is 723 g/mol. The minimum absolute atomic E-state index is 0.179. The first kappa shape index (κ1) is 41.0. The molecular formula is C47H49NO9. The first-order chi connectivity index (χ1) is 27.9. The van der Waals surface area contributed by atoms with Crippen molar-refractivity contribution >= 4 is 17.9 Å². The molecule has 1 fully saturated rings. The van der Waals surface area contributed by atoms with Crippen molar-refractivity contribution in [2.24, 2.45) is 0 Å². The van der Waals surface area contributed by atoms with Gasteiger partial charge in [0, 0.05) is 13.2 Å². The maximum absolute atomic E-state index is 13.6. The van der Waals surface area contributed by atoms with Crippen molar-refractivity contribution in [3.05, 3.63) is 179 Å². The topological polar surface area (TPSA) is 119 Å². The van der Waals surface area contributed by atoms with Crippen LogP contribution in [0, 0.1) is 0 Å².